The van der Waals surface area contributed by atoms with Gasteiger partial charge in [0.05, 0.1) is 26.4 Å². The van der Waals surface area contributed by atoms with Crippen molar-refractivity contribution in [3.63, 3.8) is 0 Å². The van der Waals surface area contributed by atoms with Gasteiger partial charge in [-0.25, -0.2) is 9.13 Å². The Labute approximate surface area is 629 Å². The van der Waals surface area contributed by atoms with Crippen molar-refractivity contribution in [2.45, 2.75) is 316 Å². The van der Waals surface area contributed by atoms with Crippen molar-refractivity contribution >= 4 is 39.5 Å². The van der Waals surface area contributed by atoms with E-state index in [0.717, 1.165) is 205 Å². The van der Waals surface area contributed by atoms with Gasteiger partial charge >= 0.3 is 39.5 Å². The van der Waals surface area contributed by atoms with Crippen LogP contribution in [-0.2, 0) is 65.4 Å². The van der Waals surface area contributed by atoms with Crippen LogP contribution in [0.2, 0.25) is 0 Å². The lowest BCUT2D eigenvalue weighted by Gasteiger charge is -2.21. The molecule has 0 aromatic rings. The molecule has 5 unspecified atom stereocenters. The number of hydrogen-bond acceptors (Lipinski definition) is 15. The van der Waals surface area contributed by atoms with Crippen molar-refractivity contribution in [2.24, 2.45) is 0 Å². The van der Waals surface area contributed by atoms with Gasteiger partial charge < -0.3 is 33.8 Å². The summed E-state index contributed by atoms with van der Waals surface area (Å²) < 4.78 is 68.5. The van der Waals surface area contributed by atoms with E-state index in [-0.39, 0.29) is 25.7 Å². The summed E-state index contributed by atoms with van der Waals surface area (Å²) in [6.45, 7) is 4.41. The Balaban J connectivity index is 5.41. The second-order valence-corrected chi connectivity index (χ2v) is 28.8. The molecule has 0 amide bonds. The van der Waals surface area contributed by atoms with Gasteiger partial charge in [0.1, 0.15) is 19.3 Å². The summed E-state index contributed by atoms with van der Waals surface area (Å²) >= 11 is 0. The molecule has 0 bridgehead atoms. The van der Waals surface area contributed by atoms with Crippen LogP contribution in [0.5, 0.6) is 0 Å². The molecular formula is C85H140O17P2. The van der Waals surface area contributed by atoms with Crippen molar-refractivity contribution in [2.75, 3.05) is 39.6 Å². The molecule has 0 radical (unpaired) electrons. The molecule has 0 aliphatic heterocycles. The molecule has 0 aromatic heterocycles. The predicted molar refractivity (Wildman–Crippen MR) is 427 cm³/mol. The Hall–Kier alpha value is -5.32. The molecule has 0 heterocycles. The summed E-state index contributed by atoms with van der Waals surface area (Å²) in [6.07, 6.45) is 88.0. The van der Waals surface area contributed by atoms with E-state index in [1.54, 1.807) is 0 Å². The lowest BCUT2D eigenvalue weighted by molar-refractivity contribution is -0.161. The summed E-state index contributed by atoms with van der Waals surface area (Å²) in [5, 5.41) is 10.6. The molecule has 0 aromatic carbocycles. The smallest absolute Gasteiger partial charge is 0.462 e. The normalized spacial score (nSPS) is 14.7. The maximum atomic E-state index is 13.1. The number of carbonyl (C=O) groups excluding carboxylic acids is 4. The van der Waals surface area contributed by atoms with E-state index in [1.165, 1.54) is 12.8 Å². The molecule has 104 heavy (non-hydrogen) atoms. The highest BCUT2D eigenvalue weighted by atomic mass is 31.2. The third-order valence-corrected chi connectivity index (χ3v) is 17.9. The summed E-state index contributed by atoms with van der Waals surface area (Å²) in [6, 6.07) is 0. The van der Waals surface area contributed by atoms with E-state index in [1.807, 2.05) is 0 Å². The lowest BCUT2D eigenvalue weighted by Crippen LogP contribution is -2.30. The van der Waals surface area contributed by atoms with Gasteiger partial charge in [0.15, 0.2) is 12.2 Å². The third kappa shape index (κ3) is 74.9. The van der Waals surface area contributed by atoms with E-state index in [9.17, 15) is 43.2 Å². The number of unbranched alkanes of at least 4 members (excludes halogenated alkanes) is 21. The minimum atomic E-state index is -5.00. The fourth-order valence-corrected chi connectivity index (χ4v) is 11.6. The number of allylic oxidation sites excluding steroid dienone is 26. The summed E-state index contributed by atoms with van der Waals surface area (Å²) in [5.74, 6) is -2.26. The highest BCUT2D eigenvalue weighted by molar-refractivity contribution is 7.47. The van der Waals surface area contributed by atoms with Crippen LogP contribution in [0.3, 0.4) is 0 Å². The molecule has 0 saturated carbocycles. The average molecular weight is 1500 g/mol. The number of aliphatic hydroxyl groups excluding tert-OH is 1. The van der Waals surface area contributed by atoms with E-state index < -0.39 is 97.5 Å². The molecule has 0 spiro atoms. The number of esters is 4. The van der Waals surface area contributed by atoms with E-state index in [4.69, 9.17) is 37.0 Å². The van der Waals surface area contributed by atoms with Gasteiger partial charge in [-0.15, -0.1) is 0 Å². The quantitative estimate of drug-likeness (QED) is 0.0169. The largest absolute Gasteiger partial charge is 0.472 e. The van der Waals surface area contributed by atoms with Gasteiger partial charge in [-0.2, -0.15) is 0 Å². The Kier molecular flexibility index (Phi) is 72.0. The number of phosphoric ester groups is 2. The molecule has 17 nitrogen and oxygen atoms in total. The van der Waals surface area contributed by atoms with Crippen LogP contribution < -0.4 is 0 Å². The second-order valence-electron chi connectivity index (χ2n) is 25.9. The summed E-state index contributed by atoms with van der Waals surface area (Å²) in [5.41, 5.74) is 0. The number of aliphatic hydroxyl groups is 1. The first-order chi connectivity index (χ1) is 50.7. The van der Waals surface area contributed by atoms with E-state index in [0.29, 0.717) is 25.7 Å². The van der Waals surface area contributed by atoms with Crippen LogP contribution in [0.15, 0.2) is 158 Å². The minimum Gasteiger partial charge on any atom is -0.462 e. The van der Waals surface area contributed by atoms with Gasteiger partial charge in [-0.1, -0.05) is 269 Å². The maximum absolute atomic E-state index is 13.1. The average Bonchev–Trinajstić information content (AvgIpc) is 0.928. The summed E-state index contributed by atoms with van der Waals surface area (Å²) in [7, 11) is -9.99. The van der Waals surface area contributed by atoms with E-state index in [2.05, 4.69) is 186 Å². The Bertz CT molecular complexity index is 2590. The highest BCUT2D eigenvalue weighted by Crippen LogP contribution is 2.45. The number of rotatable bonds is 73. The lowest BCUT2D eigenvalue weighted by atomic mass is 10.1. The first kappa shape index (κ1) is 98.7. The van der Waals surface area contributed by atoms with Crippen LogP contribution in [0.4, 0.5) is 0 Å². The fraction of sp³-hybridized carbons (Fsp3) is 0.647. The maximum Gasteiger partial charge on any atom is 0.472 e. The monoisotopic (exact) mass is 1490 g/mol. The molecule has 5 atom stereocenters. The molecule has 19 heteroatoms. The van der Waals surface area contributed by atoms with Crippen molar-refractivity contribution < 1.29 is 80.2 Å². The number of carbonyl (C=O) groups is 4. The van der Waals surface area contributed by atoms with Gasteiger partial charge in [-0.3, -0.25) is 37.3 Å². The van der Waals surface area contributed by atoms with Gasteiger partial charge in [0.25, 0.3) is 0 Å². The van der Waals surface area contributed by atoms with Crippen LogP contribution in [0.1, 0.15) is 297 Å². The van der Waals surface area contributed by atoms with Gasteiger partial charge in [0, 0.05) is 25.7 Å². The van der Waals surface area contributed by atoms with Gasteiger partial charge in [-0.05, 0) is 161 Å². The topological polar surface area (TPSA) is 237 Å². The van der Waals surface area contributed by atoms with Crippen LogP contribution in [0, 0.1) is 0 Å². The van der Waals surface area contributed by atoms with Crippen molar-refractivity contribution in [1.29, 1.82) is 0 Å². The minimum absolute atomic E-state index is 0.0653. The number of hydrogen-bond donors (Lipinski definition) is 3. The highest BCUT2D eigenvalue weighted by Gasteiger charge is 2.30. The Morgan fingerprint density at radius 1 is 0.279 bits per heavy atom. The molecule has 3 N–H and O–H groups in total. The zero-order valence-corrected chi connectivity index (χ0v) is 66.4. The third-order valence-electron chi connectivity index (χ3n) is 16.0. The van der Waals surface area contributed by atoms with Crippen molar-refractivity contribution in [3.05, 3.63) is 158 Å². The molecule has 0 rings (SSSR count). The molecule has 0 saturated heterocycles. The second kappa shape index (κ2) is 75.9. The van der Waals surface area contributed by atoms with E-state index >= 15 is 0 Å². The molecular weight excluding hydrogens is 1350 g/mol. The Morgan fingerprint density at radius 2 is 0.500 bits per heavy atom. The SMILES string of the molecule is CC/C=C\C/C=C\C/C=C\C/C=C\C/C=C\CCCCCC(=O)OCC(COP(=O)(O)OCC(O)COP(=O)(O)OCC(COC(=O)CCCCCCC/C=C\C/C=C\C/C=C\CC)OC(=O)CCCCCCC/C=C\CCCC)OC(=O)CCCCCCCC/C=C\C/C=C\C/C=C\C/C=C\CC. The molecule has 0 fully saturated rings. The van der Waals surface area contributed by atoms with Crippen molar-refractivity contribution in [1.82, 2.24) is 0 Å². The molecule has 592 valence electrons. The number of phosphoric acid groups is 2. The first-order valence-corrected chi connectivity index (χ1v) is 42.7. The van der Waals surface area contributed by atoms with Crippen LogP contribution in [0.25, 0.3) is 0 Å². The van der Waals surface area contributed by atoms with Crippen LogP contribution in [-0.4, -0.2) is 96.7 Å². The standard InChI is InChI=1S/C85H140O17P2/c1-5-9-13-17-21-25-29-32-35-37-39-41-44-47-51-54-58-62-66-70-83(88)96-76-81(102-85(90)72-68-64-60-56-52-48-45-42-40-38-36-33-30-26-22-18-14-10-6-2)78-100-104(93,94)98-74-79(86)73-97-103(91,92)99-77-80(101-84(89)71-67-63-59-55-49-28-24-20-16-12-8-4)75-95-82(87)69-65-61-57-53-50-46-43-34-31-27-23-19-15-11-7-3/h9-11,13-15,20-27,32-36,39-43,47,51,79-81,86H,5-8,12,16-19,28-31,37-38,44-46,48-50,52-78H2,1-4H3,(H,91,92)(H,93,94)/b13-9-,14-10-,15-11-,24-20-,25-21-,26-22-,27-23-,35-32-,36-33-,41-39-,42-40-,43-34-,51-47-. The van der Waals surface area contributed by atoms with Crippen molar-refractivity contribution in [3.8, 4) is 0 Å². The molecule has 0 aliphatic rings. The first-order valence-electron chi connectivity index (χ1n) is 39.7. The van der Waals surface area contributed by atoms with Gasteiger partial charge in [0.2, 0.25) is 0 Å². The van der Waals surface area contributed by atoms with Crippen LogP contribution >= 0.6 is 15.6 Å². The number of ether oxygens (including phenoxy) is 4. The summed E-state index contributed by atoms with van der Waals surface area (Å²) in [4.78, 5) is 73.0. The zero-order valence-electron chi connectivity index (χ0n) is 64.6. The Morgan fingerprint density at radius 3 is 0.788 bits per heavy atom. The fourth-order valence-electron chi connectivity index (χ4n) is 10.00. The molecule has 0 aliphatic carbocycles. The predicted octanol–water partition coefficient (Wildman–Crippen LogP) is 23.2. The zero-order chi connectivity index (χ0) is 76.0.